The second-order valence-corrected chi connectivity index (χ2v) is 4.48. The maximum atomic E-state index is 5.52. The Labute approximate surface area is 80.5 Å². The van der Waals surface area contributed by atoms with E-state index in [1.165, 1.54) is 12.8 Å². The molecule has 0 atom stereocenters. The van der Waals surface area contributed by atoms with Gasteiger partial charge in [-0.25, -0.2) is 0 Å². The summed E-state index contributed by atoms with van der Waals surface area (Å²) in [5, 5.41) is 3.49. The molecule has 0 unspecified atom stereocenters. The molecule has 0 aromatic carbocycles. The average Bonchev–Trinajstić information content (AvgIpc) is 2.42. The summed E-state index contributed by atoms with van der Waals surface area (Å²) in [6.45, 7) is 5.56. The Morgan fingerprint density at radius 3 is 2.33 bits per heavy atom. The molecule has 2 heterocycles. The summed E-state index contributed by atoms with van der Waals surface area (Å²) in [6, 6.07) is 0.796. The zero-order valence-corrected chi connectivity index (χ0v) is 8.83. The molecule has 2 aliphatic heterocycles. The molecule has 2 nitrogen and oxygen atoms in total. The number of halogens is 1. The van der Waals surface area contributed by atoms with Crippen LogP contribution in [0.1, 0.15) is 26.7 Å². The molecule has 0 aromatic rings. The molecular formula is C9H18ClNO. The second-order valence-electron chi connectivity index (χ2n) is 4.48. The maximum absolute atomic E-state index is 5.52. The van der Waals surface area contributed by atoms with Gasteiger partial charge in [-0.3, -0.25) is 0 Å². The molecule has 12 heavy (non-hydrogen) atoms. The van der Waals surface area contributed by atoms with Crippen LogP contribution in [0.4, 0.5) is 0 Å². The van der Waals surface area contributed by atoms with Crippen LogP contribution < -0.4 is 5.32 Å². The SMILES string of the molecule is COC(C)(C)C12CNC(C1)C2.Cl. The lowest BCUT2D eigenvalue weighted by Crippen LogP contribution is -2.51. The molecule has 2 bridgehead atoms. The largest absolute Gasteiger partial charge is 0.378 e. The predicted octanol–water partition coefficient (Wildman–Crippen LogP) is 1.59. The number of nitrogens with one attached hydrogen (secondary N) is 1. The highest BCUT2D eigenvalue weighted by Gasteiger charge is 2.58. The molecule has 0 radical (unpaired) electrons. The first-order chi connectivity index (χ1) is 5.10. The van der Waals surface area contributed by atoms with Crippen molar-refractivity contribution in [1.82, 2.24) is 5.32 Å². The molecule has 2 saturated heterocycles. The molecule has 0 spiro atoms. The molecule has 3 heteroatoms. The highest BCUT2D eigenvalue weighted by molar-refractivity contribution is 5.85. The number of ether oxygens (including phenoxy) is 1. The Balaban J connectivity index is 0.000000720. The zero-order valence-electron chi connectivity index (χ0n) is 8.02. The van der Waals surface area contributed by atoms with E-state index >= 15 is 0 Å². The van der Waals surface area contributed by atoms with E-state index in [9.17, 15) is 0 Å². The fourth-order valence-electron chi connectivity index (χ4n) is 2.43. The van der Waals surface area contributed by atoms with Crippen LogP contribution >= 0.6 is 12.4 Å². The van der Waals surface area contributed by atoms with E-state index in [4.69, 9.17) is 4.74 Å². The van der Waals surface area contributed by atoms with Gasteiger partial charge in [-0.2, -0.15) is 0 Å². The van der Waals surface area contributed by atoms with Crippen LogP contribution in [0, 0.1) is 5.41 Å². The number of hydrogen-bond acceptors (Lipinski definition) is 2. The highest BCUT2D eigenvalue weighted by atomic mass is 35.5. The summed E-state index contributed by atoms with van der Waals surface area (Å²) in [5.41, 5.74) is 0.513. The topological polar surface area (TPSA) is 21.3 Å². The van der Waals surface area contributed by atoms with Gasteiger partial charge in [0.2, 0.25) is 0 Å². The van der Waals surface area contributed by atoms with Gasteiger partial charge < -0.3 is 10.1 Å². The van der Waals surface area contributed by atoms with Crippen molar-refractivity contribution in [1.29, 1.82) is 0 Å². The first-order valence-electron chi connectivity index (χ1n) is 4.38. The van der Waals surface area contributed by atoms with Gasteiger partial charge in [-0.15, -0.1) is 12.4 Å². The Bertz CT molecular complexity index is 170. The van der Waals surface area contributed by atoms with Crippen molar-refractivity contribution >= 4 is 12.4 Å². The van der Waals surface area contributed by atoms with Gasteiger partial charge in [0.05, 0.1) is 5.60 Å². The minimum atomic E-state index is 0. The van der Waals surface area contributed by atoms with Crippen LogP contribution in [0.2, 0.25) is 0 Å². The quantitative estimate of drug-likeness (QED) is 0.716. The molecule has 1 N–H and O–H groups in total. The van der Waals surface area contributed by atoms with Gasteiger partial charge in [0.25, 0.3) is 0 Å². The Morgan fingerprint density at radius 1 is 1.42 bits per heavy atom. The van der Waals surface area contributed by atoms with Gasteiger partial charge in [-0.05, 0) is 26.7 Å². The number of fused-ring (bicyclic) bond motifs is 1. The molecule has 3 aliphatic rings. The third-order valence-corrected chi connectivity index (χ3v) is 3.79. The molecule has 1 aliphatic carbocycles. The summed E-state index contributed by atoms with van der Waals surface area (Å²) in [7, 11) is 1.82. The van der Waals surface area contributed by atoms with Crippen molar-refractivity contribution in [3.63, 3.8) is 0 Å². The van der Waals surface area contributed by atoms with E-state index in [1.54, 1.807) is 0 Å². The maximum Gasteiger partial charge on any atom is 0.0691 e. The first kappa shape index (κ1) is 10.3. The van der Waals surface area contributed by atoms with E-state index in [2.05, 4.69) is 19.2 Å². The van der Waals surface area contributed by atoms with Gasteiger partial charge >= 0.3 is 0 Å². The van der Waals surface area contributed by atoms with Crippen LogP contribution in [0.3, 0.4) is 0 Å². The predicted molar refractivity (Wildman–Crippen MR) is 51.8 cm³/mol. The standard InChI is InChI=1S/C9H17NO.ClH/c1-8(2,11-3)9-4-7(5-9)10-6-9;/h7,10H,4-6H2,1-3H3;1H. The molecule has 0 aromatic heterocycles. The molecule has 1 saturated carbocycles. The van der Waals surface area contributed by atoms with Crippen molar-refractivity contribution in [2.45, 2.75) is 38.3 Å². The summed E-state index contributed by atoms with van der Waals surface area (Å²) < 4.78 is 5.52. The summed E-state index contributed by atoms with van der Waals surface area (Å²) in [4.78, 5) is 0. The molecular weight excluding hydrogens is 174 g/mol. The number of rotatable bonds is 2. The van der Waals surface area contributed by atoms with Gasteiger partial charge in [-0.1, -0.05) is 0 Å². The van der Waals surface area contributed by atoms with Crippen LogP contribution in [-0.4, -0.2) is 25.3 Å². The molecule has 72 valence electrons. The molecule has 0 amide bonds. The number of methoxy groups -OCH3 is 1. The second kappa shape index (κ2) is 2.86. The van der Waals surface area contributed by atoms with Gasteiger partial charge in [0.15, 0.2) is 0 Å². The lowest BCUT2D eigenvalue weighted by molar-refractivity contribution is -0.104. The lowest BCUT2D eigenvalue weighted by Gasteiger charge is -2.48. The zero-order chi connectivity index (χ0) is 8.11. The third-order valence-electron chi connectivity index (χ3n) is 3.79. The smallest absolute Gasteiger partial charge is 0.0691 e. The Kier molecular flexibility index (Phi) is 2.45. The van der Waals surface area contributed by atoms with Crippen molar-refractivity contribution in [3.05, 3.63) is 0 Å². The Hall–Kier alpha value is 0.210. The molecule has 3 fully saturated rings. The minimum absolute atomic E-state index is 0. The average molecular weight is 192 g/mol. The van der Waals surface area contributed by atoms with Gasteiger partial charge in [0.1, 0.15) is 0 Å². The van der Waals surface area contributed by atoms with E-state index in [-0.39, 0.29) is 18.0 Å². The highest BCUT2D eigenvalue weighted by Crippen LogP contribution is 2.54. The lowest BCUT2D eigenvalue weighted by atomic mass is 9.61. The summed E-state index contributed by atoms with van der Waals surface area (Å²) in [5.74, 6) is 0. The van der Waals surface area contributed by atoms with E-state index in [0.29, 0.717) is 5.41 Å². The van der Waals surface area contributed by atoms with Crippen molar-refractivity contribution in [3.8, 4) is 0 Å². The van der Waals surface area contributed by atoms with Crippen LogP contribution in [0.25, 0.3) is 0 Å². The van der Waals surface area contributed by atoms with Crippen molar-refractivity contribution in [2.24, 2.45) is 5.41 Å². The number of hydrogen-bond donors (Lipinski definition) is 1. The monoisotopic (exact) mass is 191 g/mol. The van der Waals surface area contributed by atoms with Gasteiger partial charge in [0, 0.05) is 25.1 Å². The van der Waals surface area contributed by atoms with E-state index < -0.39 is 0 Å². The minimum Gasteiger partial charge on any atom is -0.378 e. The summed E-state index contributed by atoms with van der Waals surface area (Å²) in [6.07, 6.45) is 2.63. The fraction of sp³-hybridized carbons (Fsp3) is 1.00. The van der Waals surface area contributed by atoms with Crippen LogP contribution in [-0.2, 0) is 4.74 Å². The van der Waals surface area contributed by atoms with E-state index in [1.807, 2.05) is 7.11 Å². The van der Waals surface area contributed by atoms with Crippen LogP contribution in [0.15, 0.2) is 0 Å². The van der Waals surface area contributed by atoms with E-state index in [0.717, 1.165) is 12.6 Å². The Morgan fingerprint density at radius 2 is 2.00 bits per heavy atom. The normalized spacial score (nSPS) is 38.8. The summed E-state index contributed by atoms with van der Waals surface area (Å²) >= 11 is 0. The fourth-order valence-corrected chi connectivity index (χ4v) is 2.43. The first-order valence-corrected chi connectivity index (χ1v) is 4.38. The molecule has 3 rings (SSSR count). The van der Waals surface area contributed by atoms with Crippen LogP contribution in [0.5, 0.6) is 0 Å². The van der Waals surface area contributed by atoms with Crippen molar-refractivity contribution < 1.29 is 4.74 Å². The van der Waals surface area contributed by atoms with Crippen molar-refractivity contribution in [2.75, 3.05) is 13.7 Å². The third kappa shape index (κ3) is 1.09.